The smallest absolute Gasteiger partial charge is 0.344 e. The molecule has 12 heteroatoms. The third kappa shape index (κ3) is 9.91. The van der Waals surface area contributed by atoms with Gasteiger partial charge in [-0.15, -0.1) is 0 Å². The standard InChI is InChI=1S/C37H33BrClN3O6S/c1-4-7-18-27(5-2)42-36(46)28(19-24-20-29(38)34(30(39)21-24)48-22-32(44)47-6-3)35(45)41-37(42)49-23-31(43)40-33(25-14-10-8-11-15-25)26-16-12-9-13-17-26/h4-5,7-21,33H,1,6,22-23H2,2-3H3,(H,40,43)/b18-7-,27-5+,28-19+. The number of esters is 1. The first-order valence-electron chi connectivity index (χ1n) is 15.1. The molecule has 9 nitrogen and oxygen atoms in total. The van der Waals surface area contributed by atoms with Gasteiger partial charge >= 0.3 is 5.97 Å². The van der Waals surface area contributed by atoms with Gasteiger partial charge in [0.1, 0.15) is 5.57 Å². The van der Waals surface area contributed by atoms with E-state index < -0.39 is 23.8 Å². The molecule has 0 saturated carbocycles. The van der Waals surface area contributed by atoms with Crippen molar-refractivity contribution in [3.8, 4) is 5.75 Å². The highest BCUT2D eigenvalue weighted by Gasteiger charge is 2.35. The van der Waals surface area contributed by atoms with Gasteiger partial charge in [0.05, 0.1) is 27.9 Å². The van der Waals surface area contributed by atoms with E-state index in [4.69, 9.17) is 21.1 Å². The molecule has 1 aliphatic rings. The number of thioether (sulfide) groups is 1. The average Bonchev–Trinajstić information content (AvgIpc) is 3.09. The Morgan fingerprint density at radius 1 is 1.08 bits per heavy atom. The van der Waals surface area contributed by atoms with Crippen LogP contribution >= 0.6 is 39.3 Å². The van der Waals surface area contributed by atoms with Crippen molar-refractivity contribution in [1.82, 2.24) is 10.2 Å². The number of hydrogen-bond donors (Lipinski definition) is 1. The number of nitrogens with zero attached hydrogens (tertiary/aromatic N) is 2. The highest BCUT2D eigenvalue weighted by molar-refractivity contribution is 9.10. The van der Waals surface area contributed by atoms with Crippen molar-refractivity contribution in [3.63, 3.8) is 0 Å². The third-order valence-corrected chi connectivity index (χ3v) is 8.69. The molecule has 252 valence electrons. The molecule has 0 atom stereocenters. The van der Waals surface area contributed by atoms with Crippen molar-refractivity contribution < 1.29 is 28.7 Å². The van der Waals surface area contributed by atoms with Crippen molar-refractivity contribution in [2.45, 2.75) is 19.9 Å². The molecule has 1 aliphatic heterocycles. The summed E-state index contributed by atoms with van der Waals surface area (Å²) in [5, 5.41) is 3.25. The van der Waals surface area contributed by atoms with Gasteiger partial charge in [0, 0.05) is 5.70 Å². The third-order valence-electron chi connectivity index (χ3n) is 6.88. The van der Waals surface area contributed by atoms with Crippen LogP contribution in [0.2, 0.25) is 5.02 Å². The average molecular weight is 763 g/mol. The van der Waals surface area contributed by atoms with Crippen molar-refractivity contribution >= 4 is 74.2 Å². The van der Waals surface area contributed by atoms with Crippen molar-refractivity contribution in [2.24, 2.45) is 4.99 Å². The molecule has 4 rings (SSSR count). The molecule has 3 amide bonds. The van der Waals surface area contributed by atoms with Gasteiger partial charge in [0.25, 0.3) is 11.8 Å². The molecule has 3 aromatic carbocycles. The number of carbonyl (C=O) groups excluding carboxylic acids is 4. The molecule has 0 aromatic heterocycles. The van der Waals surface area contributed by atoms with E-state index in [-0.39, 0.29) is 46.4 Å². The lowest BCUT2D eigenvalue weighted by Gasteiger charge is -2.28. The van der Waals surface area contributed by atoms with Gasteiger partial charge in [0.2, 0.25) is 5.91 Å². The lowest BCUT2D eigenvalue weighted by Crippen LogP contribution is -2.42. The zero-order chi connectivity index (χ0) is 35.3. The van der Waals surface area contributed by atoms with Gasteiger partial charge in [-0.3, -0.25) is 19.3 Å². The van der Waals surface area contributed by atoms with Gasteiger partial charge in [-0.2, -0.15) is 4.99 Å². The van der Waals surface area contributed by atoms with Crippen molar-refractivity contribution in [2.75, 3.05) is 19.0 Å². The zero-order valence-corrected chi connectivity index (χ0v) is 29.9. The van der Waals surface area contributed by atoms with Crippen LogP contribution in [0.5, 0.6) is 5.75 Å². The molecule has 3 aromatic rings. The minimum atomic E-state index is -0.784. The van der Waals surface area contributed by atoms with Crippen LogP contribution in [0, 0.1) is 0 Å². The Morgan fingerprint density at radius 2 is 1.73 bits per heavy atom. The Kier molecular flexibility index (Phi) is 13.8. The van der Waals surface area contributed by atoms with E-state index in [0.29, 0.717) is 15.7 Å². The highest BCUT2D eigenvalue weighted by Crippen LogP contribution is 2.36. The molecular formula is C37H33BrClN3O6S. The van der Waals surface area contributed by atoms with E-state index in [1.165, 1.54) is 17.0 Å². The maximum absolute atomic E-state index is 14.0. The highest BCUT2D eigenvalue weighted by atomic mass is 79.9. The van der Waals surface area contributed by atoms with Crippen molar-refractivity contribution in [3.05, 3.63) is 141 Å². The summed E-state index contributed by atoms with van der Waals surface area (Å²) in [5.74, 6) is -2.23. The summed E-state index contributed by atoms with van der Waals surface area (Å²) in [7, 11) is 0. The molecule has 1 N–H and O–H groups in total. The Balaban J connectivity index is 1.61. The van der Waals surface area contributed by atoms with Crippen LogP contribution < -0.4 is 10.1 Å². The first-order valence-corrected chi connectivity index (χ1v) is 17.3. The zero-order valence-electron chi connectivity index (χ0n) is 26.7. The minimum Gasteiger partial charge on any atom is -0.479 e. The minimum absolute atomic E-state index is 0.0435. The van der Waals surface area contributed by atoms with Crippen LogP contribution in [-0.2, 0) is 23.9 Å². The Bertz CT molecular complexity index is 1780. The first-order chi connectivity index (χ1) is 23.7. The molecule has 0 unspecified atom stereocenters. The van der Waals surface area contributed by atoms with E-state index >= 15 is 0 Å². The molecule has 49 heavy (non-hydrogen) atoms. The number of nitrogens with one attached hydrogen (secondary N) is 1. The quantitative estimate of drug-likeness (QED) is 0.0834. The number of benzene rings is 3. The van der Waals surface area contributed by atoms with E-state index in [0.717, 1.165) is 22.9 Å². The fourth-order valence-electron chi connectivity index (χ4n) is 4.69. The number of carbonyl (C=O) groups is 4. The second-order valence-corrected chi connectivity index (χ2v) is 12.4. The molecule has 0 saturated heterocycles. The summed E-state index contributed by atoms with van der Waals surface area (Å²) >= 11 is 10.8. The SMILES string of the molecule is C=C/C=C\C(=C/C)N1C(=O)/C(=C/c2cc(Cl)c(OCC(=O)OCC)c(Br)c2)C(=O)N=C1SCC(=O)NC(c1ccccc1)c1ccccc1. The van der Waals surface area contributed by atoms with Crippen molar-refractivity contribution in [1.29, 1.82) is 0 Å². The van der Waals surface area contributed by atoms with Crippen LogP contribution in [0.1, 0.15) is 36.6 Å². The lowest BCUT2D eigenvalue weighted by molar-refractivity contribution is -0.145. The first kappa shape index (κ1) is 37.1. The molecule has 0 fully saturated rings. The van der Waals surface area contributed by atoms with E-state index in [9.17, 15) is 19.2 Å². The Labute approximate surface area is 302 Å². The van der Waals surface area contributed by atoms with Gasteiger partial charge in [-0.25, -0.2) is 4.79 Å². The Hall–Kier alpha value is -4.71. The number of rotatable bonds is 13. The maximum atomic E-state index is 14.0. The van der Waals surface area contributed by atoms with Gasteiger partial charge < -0.3 is 14.8 Å². The monoisotopic (exact) mass is 761 g/mol. The molecule has 0 radical (unpaired) electrons. The van der Waals surface area contributed by atoms with Gasteiger partial charge in [0.15, 0.2) is 17.5 Å². The van der Waals surface area contributed by atoms with Gasteiger partial charge in [-0.1, -0.05) is 109 Å². The summed E-state index contributed by atoms with van der Waals surface area (Å²) in [6.07, 6.45) is 7.91. The Morgan fingerprint density at radius 3 is 2.31 bits per heavy atom. The predicted octanol–water partition coefficient (Wildman–Crippen LogP) is 7.44. The van der Waals surface area contributed by atoms with Gasteiger partial charge in [-0.05, 0) is 70.8 Å². The lowest BCUT2D eigenvalue weighted by atomic mass is 9.99. The largest absolute Gasteiger partial charge is 0.479 e. The van der Waals surface area contributed by atoms with Crippen LogP contribution in [-0.4, -0.2) is 52.7 Å². The number of amidine groups is 1. The maximum Gasteiger partial charge on any atom is 0.344 e. The van der Waals surface area contributed by atoms with E-state index in [1.807, 2.05) is 60.7 Å². The van der Waals surface area contributed by atoms with Crippen LogP contribution in [0.4, 0.5) is 0 Å². The molecule has 0 spiro atoms. The molecule has 1 heterocycles. The number of aliphatic imine (C=N–C) groups is 1. The molecule has 0 aliphatic carbocycles. The molecule has 0 bridgehead atoms. The number of hydrogen-bond acceptors (Lipinski definition) is 7. The van der Waals surface area contributed by atoms with Crippen LogP contribution in [0.3, 0.4) is 0 Å². The second-order valence-electron chi connectivity index (χ2n) is 10.2. The fraction of sp³-hybridized carbons (Fsp3) is 0.162. The van der Waals surface area contributed by atoms with Crippen LogP contribution in [0.15, 0.2) is 124 Å². The predicted molar refractivity (Wildman–Crippen MR) is 197 cm³/mol. The number of halogens is 2. The normalized spacial score (nSPS) is 14.3. The number of allylic oxidation sites excluding steroid dienone is 4. The topological polar surface area (TPSA) is 114 Å². The van der Waals surface area contributed by atoms with E-state index in [2.05, 4.69) is 32.8 Å². The summed E-state index contributed by atoms with van der Waals surface area (Å²) < 4.78 is 10.8. The van der Waals surface area contributed by atoms with Crippen LogP contribution in [0.25, 0.3) is 6.08 Å². The summed E-state index contributed by atoms with van der Waals surface area (Å²) in [5.41, 5.74) is 2.40. The number of ether oxygens (including phenoxy) is 2. The second kappa shape index (κ2) is 18.2. The number of amides is 3. The van der Waals surface area contributed by atoms with E-state index in [1.54, 1.807) is 44.2 Å². The summed E-state index contributed by atoms with van der Waals surface area (Å²) in [6.45, 7) is 6.98. The fourth-order valence-corrected chi connectivity index (χ4v) is 6.49. The summed E-state index contributed by atoms with van der Waals surface area (Å²) in [6, 6.07) is 21.8. The molecular weight excluding hydrogens is 730 g/mol. The summed E-state index contributed by atoms with van der Waals surface area (Å²) in [4.78, 5) is 58.0.